The summed E-state index contributed by atoms with van der Waals surface area (Å²) >= 11 is 0. The Morgan fingerprint density at radius 2 is 1.82 bits per heavy atom. The molecule has 0 amide bonds. The van der Waals surface area contributed by atoms with E-state index in [4.69, 9.17) is 0 Å². The van der Waals surface area contributed by atoms with Crippen molar-refractivity contribution in [1.29, 1.82) is 0 Å². The van der Waals surface area contributed by atoms with Gasteiger partial charge in [-0.25, -0.2) is 17.9 Å². The van der Waals surface area contributed by atoms with Crippen LogP contribution in [0.15, 0.2) is 46.1 Å². The lowest BCUT2D eigenvalue weighted by atomic mass is 10.2. The first kappa shape index (κ1) is 16.2. The largest absolute Gasteiger partial charge is 0.328 e. The summed E-state index contributed by atoms with van der Waals surface area (Å²) in [5, 5.41) is 0. The van der Waals surface area contributed by atoms with Crippen molar-refractivity contribution in [2.45, 2.75) is 19.2 Å². The number of hydrogen-bond acceptors (Lipinski definition) is 4. The van der Waals surface area contributed by atoms with Crippen LogP contribution in [0.1, 0.15) is 11.1 Å². The van der Waals surface area contributed by atoms with Gasteiger partial charge in [-0.3, -0.25) is 14.3 Å². The fourth-order valence-electron chi connectivity index (χ4n) is 1.90. The fraction of sp³-hybridized carbons (Fsp3) is 0.286. The van der Waals surface area contributed by atoms with Crippen LogP contribution in [0.4, 0.5) is 0 Å². The molecule has 118 valence electrons. The van der Waals surface area contributed by atoms with Gasteiger partial charge < -0.3 is 0 Å². The molecule has 0 radical (unpaired) electrons. The number of H-pyrrole nitrogens is 1. The second-order valence-electron chi connectivity index (χ2n) is 4.94. The number of hydrogen-bond donors (Lipinski definition) is 2. The molecular weight excluding hydrogens is 306 g/mol. The summed E-state index contributed by atoms with van der Waals surface area (Å²) in [4.78, 5) is 24.5. The van der Waals surface area contributed by atoms with Crippen LogP contribution in [-0.4, -0.2) is 24.5 Å². The summed E-state index contributed by atoms with van der Waals surface area (Å²) < 4.78 is 27.6. The highest BCUT2D eigenvalue weighted by molar-refractivity contribution is 7.88. The third kappa shape index (κ3) is 4.68. The minimum atomic E-state index is -3.48. The van der Waals surface area contributed by atoms with Crippen LogP contribution < -0.4 is 16.0 Å². The Bertz CT molecular complexity index is 851. The van der Waals surface area contributed by atoms with Crippen molar-refractivity contribution in [1.82, 2.24) is 14.3 Å². The lowest BCUT2D eigenvalue weighted by Crippen LogP contribution is -2.34. The zero-order valence-electron chi connectivity index (χ0n) is 12.1. The summed E-state index contributed by atoms with van der Waals surface area (Å²) in [6, 6.07) is 8.44. The lowest BCUT2D eigenvalue weighted by Gasteiger charge is -2.08. The van der Waals surface area contributed by atoms with Gasteiger partial charge in [-0.1, -0.05) is 29.8 Å². The molecule has 22 heavy (non-hydrogen) atoms. The average molecular weight is 323 g/mol. The molecule has 1 heterocycles. The van der Waals surface area contributed by atoms with E-state index in [9.17, 15) is 18.0 Å². The van der Waals surface area contributed by atoms with Gasteiger partial charge in [-0.15, -0.1) is 0 Å². The molecule has 2 aromatic rings. The van der Waals surface area contributed by atoms with Crippen molar-refractivity contribution in [3.63, 3.8) is 0 Å². The predicted molar refractivity (Wildman–Crippen MR) is 83.1 cm³/mol. The number of nitrogens with zero attached hydrogens (tertiary/aromatic N) is 1. The van der Waals surface area contributed by atoms with Gasteiger partial charge in [0.15, 0.2) is 0 Å². The summed E-state index contributed by atoms with van der Waals surface area (Å²) in [6.45, 7) is 2.14. The van der Waals surface area contributed by atoms with E-state index < -0.39 is 21.3 Å². The third-order valence-electron chi connectivity index (χ3n) is 3.05. The number of aromatic amines is 1. The first-order chi connectivity index (χ1) is 10.4. The molecule has 1 aromatic heterocycles. The Labute approximate surface area is 127 Å². The van der Waals surface area contributed by atoms with E-state index in [0.717, 1.165) is 5.56 Å². The van der Waals surface area contributed by atoms with Crippen molar-refractivity contribution in [3.05, 3.63) is 68.5 Å². The normalized spacial score (nSPS) is 11.5. The van der Waals surface area contributed by atoms with Gasteiger partial charge in [0.2, 0.25) is 10.0 Å². The van der Waals surface area contributed by atoms with Gasteiger partial charge in [-0.05, 0) is 12.5 Å². The molecule has 2 rings (SSSR count). The quantitative estimate of drug-likeness (QED) is 0.779. The SMILES string of the molecule is Cc1ccc(CS(=O)(=O)NCCn2ccc(=O)[nH]c2=O)cc1. The summed E-state index contributed by atoms with van der Waals surface area (Å²) in [7, 11) is -3.48. The van der Waals surface area contributed by atoms with Crippen molar-refractivity contribution in [2.75, 3.05) is 6.54 Å². The third-order valence-corrected chi connectivity index (χ3v) is 4.41. The van der Waals surface area contributed by atoms with Crippen molar-refractivity contribution in [2.24, 2.45) is 0 Å². The van der Waals surface area contributed by atoms with Crippen molar-refractivity contribution in [3.8, 4) is 0 Å². The molecule has 0 unspecified atom stereocenters. The van der Waals surface area contributed by atoms with Crippen LogP contribution >= 0.6 is 0 Å². The van der Waals surface area contributed by atoms with Crippen molar-refractivity contribution < 1.29 is 8.42 Å². The number of aryl methyl sites for hydroxylation is 1. The molecule has 0 aliphatic rings. The molecule has 0 atom stereocenters. The molecule has 1 aromatic carbocycles. The van der Waals surface area contributed by atoms with Crippen LogP contribution in [0.5, 0.6) is 0 Å². The summed E-state index contributed by atoms with van der Waals surface area (Å²) in [5.41, 5.74) is 0.706. The van der Waals surface area contributed by atoms with E-state index in [0.29, 0.717) is 5.56 Å². The van der Waals surface area contributed by atoms with Crippen LogP contribution in [0.2, 0.25) is 0 Å². The molecule has 0 aliphatic heterocycles. The Kier molecular flexibility index (Phi) is 4.94. The minimum Gasteiger partial charge on any atom is -0.299 e. The van der Waals surface area contributed by atoms with E-state index in [1.807, 2.05) is 19.1 Å². The predicted octanol–water partition coefficient (Wildman–Crippen LogP) is -0.0354. The maximum Gasteiger partial charge on any atom is 0.328 e. The van der Waals surface area contributed by atoms with E-state index in [1.165, 1.54) is 16.8 Å². The molecule has 0 saturated carbocycles. The molecule has 0 aliphatic carbocycles. The number of aromatic nitrogens is 2. The summed E-state index contributed by atoms with van der Waals surface area (Å²) in [6.07, 6.45) is 1.33. The molecule has 8 heteroatoms. The molecule has 0 spiro atoms. The number of rotatable bonds is 6. The zero-order chi connectivity index (χ0) is 16.2. The molecule has 7 nitrogen and oxygen atoms in total. The number of nitrogens with one attached hydrogen (secondary N) is 2. The maximum absolute atomic E-state index is 12.0. The smallest absolute Gasteiger partial charge is 0.299 e. The van der Waals surface area contributed by atoms with Gasteiger partial charge in [0.1, 0.15) is 0 Å². The maximum atomic E-state index is 12.0. The highest BCUT2D eigenvalue weighted by Gasteiger charge is 2.11. The van der Waals surface area contributed by atoms with Crippen LogP contribution in [-0.2, 0) is 22.3 Å². The van der Waals surface area contributed by atoms with Crippen LogP contribution in [0, 0.1) is 6.92 Å². The zero-order valence-corrected chi connectivity index (χ0v) is 12.9. The van der Waals surface area contributed by atoms with E-state index >= 15 is 0 Å². The minimum absolute atomic E-state index is 0.0696. The Morgan fingerprint density at radius 3 is 2.45 bits per heavy atom. The Hall–Kier alpha value is -2.19. The molecule has 0 bridgehead atoms. The first-order valence-corrected chi connectivity index (χ1v) is 8.34. The van der Waals surface area contributed by atoms with Gasteiger partial charge >= 0.3 is 5.69 Å². The number of benzene rings is 1. The molecular formula is C14H17N3O4S. The van der Waals surface area contributed by atoms with Gasteiger partial charge in [0, 0.05) is 25.4 Å². The Balaban J connectivity index is 1.93. The topological polar surface area (TPSA) is 101 Å². The number of sulfonamides is 1. The van der Waals surface area contributed by atoms with E-state index in [1.54, 1.807) is 12.1 Å². The fourth-order valence-corrected chi connectivity index (χ4v) is 3.03. The summed E-state index contributed by atoms with van der Waals surface area (Å²) in [5.74, 6) is -0.117. The van der Waals surface area contributed by atoms with Gasteiger partial charge in [0.05, 0.1) is 5.75 Å². The van der Waals surface area contributed by atoms with Gasteiger partial charge in [0.25, 0.3) is 5.56 Å². The molecule has 2 N–H and O–H groups in total. The average Bonchev–Trinajstić information content (AvgIpc) is 2.43. The molecule has 0 fully saturated rings. The van der Waals surface area contributed by atoms with E-state index in [2.05, 4.69) is 9.71 Å². The molecule has 0 saturated heterocycles. The Morgan fingerprint density at radius 1 is 1.14 bits per heavy atom. The lowest BCUT2D eigenvalue weighted by molar-refractivity contribution is 0.567. The monoisotopic (exact) mass is 323 g/mol. The van der Waals surface area contributed by atoms with Crippen LogP contribution in [0.3, 0.4) is 0 Å². The second kappa shape index (κ2) is 6.71. The first-order valence-electron chi connectivity index (χ1n) is 6.68. The second-order valence-corrected chi connectivity index (χ2v) is 6.75. The van der Waals surface area contributed by atoms with Crippen molar-refractivity contribution >= 4 is 10.0 Å². The standard InChI is InChI=1S/C14H17N3O4S/c1-11-2-4-12(5-3-11)10-22(20,21)15-7-9-17-8-6-13(18)16-14(17)19/h2-6,8,15H,7,9-10H2,1H3,(H,16,18,19). The highest BCUT2D eigenvalue weighted by Crippen LogP contribution is 2.06. The van der Waals surface area contributed by atoms with Gasteiger partial charge in [-0.2, -0.15) is 0 Å². The highest BCUT2D eigenvalue weighted by atomic mass is 32.2. The van der Waals surface area contributed by atoms with Crippen LogP contribution in [0.25, 0.3) is 0 Å². The van der Waals surface area contributed by atoms with E-state index in [-0.39, 0.29) is 18.8 Å².